The van der Waals surface area contributed by atoms with Crippen molar-refractivity contribution in [1.29, 1.82) is 0 Å². The highest BCUT2D eigenvalue weighted by Gasteiger charge is 2.58. The van der Waals surface area contributed by atoms with Gasteiger partial charge in [0.05, 0.1) is 6.10 Å². The molecule has 2 saturated carbocycles. The van der Waals surface area contributed by atoms with E-state index in [-0.39, 0.29) is 17.1 Å². The number of phenols is 1. The molecule has 5 atom stereocenters. The summed E-state index contributed by atoms with van der Waals surface area (Å²) in [5.41, 5.74) is 2.27. The van der Waals surface area contributed by atoms with E-state index in [2.05, 4.69) is 6.92 Å². The van der Waals surface area contributed by atoms with Gasteiger partial charge in [-0.1, -0.05) is 13.0 Å². The van der Waals surface area contributed by atoms with E-state index in [1.54, 1.807) is 6.07 Å². The summed E-state index contributed by atoms with van der Waals surface area (Å²) in [7, 11) is 0. The second-order valence-corrected chi connectivity index (χ2v) is 7.37. The molecule has 3 aliphatic rings. The van der Waals surface area contributed by atoms with E-state index >= 15 is 0 Å². The quantitative estimate of drug-likeness (QED) is 0.771. The second kappa shape index (κ2) is 4.33. The summed E-state index contributed by atoms with van der Waals surface area (Å²) >= 11 is 0. The third-order valence-corrected chi connectivity index (χ3v) is 6.41. The summed E-state index contributed by atoms with van der Waals surface area (Å²) < 4.78 is 0. The molecule has 1 aromatic carbocycles. The zero-order valence-electron chi connectivity index (χ0n) is 12.4. The van der Waals surface area contributed by atoms with Gasteiger partial charge in [0.25, 0.3) is 0 Å². The van der Waals surface area contributed by atoms with Gasteiger partial charge in [-0.25, -0.2) is 0 Å². The lowest BCUT2D eigenvalue weighted by Crippen LogP contribution is -2.45. The van der Waals surface area contributed by atoms with Crippen molar-refractivity contribution in [3.63, 3.8) is 0 Å². The van der Waals surface area contributed by atoms with Gasteiger partial charge in [-0.3, -0.25) is 4.79 Å². The van der Waals surface area contributed by atoms with Crippen LogP contribution in [0.2, 0.25) is 0 Å². The van der Waals surface area contributed by atoms with E-state index in [0.717, 1.165) is 25.7 Å². The Kier molecular flexibility index (Phi) is 2.74. The molecule has 1 aromatic rings. The number of benzene rings is 1. The number of hydrogen-bond donors (Lipinski definition) is 2. The smallest absolute Gasteiger partial charge is 0.141 e. The third kappa shape index (κ3) is 1.73. The minimum atomic E-state index is -0.464. The number of phenolic OH excluding ortho intramolecular Hbond substituents is 1. The maximum absolute atomic E-state index is 12.3. The van der Waals surface area contributed by atoms with Crippen molar-refractivity contribution < 1.29 is 15.0 Å². The van der Waals surface area contributed by atoms with Gasteiger partial charge >= 0.3 is 0 Å². The molecule has 2 N–H and O–H groups in total. The number of aliphatic hydroxyl groups is 1. The number of aliphatic hydroxyl groups excluding tert-OH is 1. The number of rotatable bonds is 0. The van der Waals surface area contributed by atoms with Crippen LogP contribution in [0.4, 0.5) is 0 Å². The van der Waals surface area contributed by atoms with Gasteiger partial charge in [0, 0.05) is 17.8 Å². The van der Waals surface area contributed by atoms with E-state index in [1.807, 2.05) is 12.1 Å². The molecule has 0 saturated heterocycles. The Morgan fingerprint density at radius 3 is 2.90 bits per heavy atom. The van der Waals surface area contributed by atoms with Crippen LogP contribution in [0.15, 0.2) is 18.2 Å². The zero-order chi connectivity index (χ0) is 14.8. The Labute approximate surface area is 125 Å². The van der Waals surface area contributed by atoms with Gasteiger partial charge in [0.2, 0.25) is 0 Å². The molecular formula is C18H22O3. The average Bonchev–Trinajstić information content (AvgIpc) is 2.68. The van der Waals surface area contributed by atoms with Crippen molar-refractivity contribution in [3.8, 4) is 5.75 Å². The lowest BCUT2D eigenvalue weighted by Gasteiger charge is -2.49. The van der Waals surface area contributed by atoms with E-state index in [4.69, 9.17) is 0 Å². The first-order valence-corrected chi connectivity index (χ1v) is 8.04. The van der Waals surface area contributed by atoms with Crippen LogP contribution in [0.1, 0.15) is 49.7 Å². The average molecular weight is 286 g/mol. The van der Waals surface area contributed by atoms with E-state index < -0.39 is 6.10 Å². The van der Waals surface area contributed by atoms with Crippen molar-refractivity contribution in [2.24, 2.45) is 17.3 Å². The summed E-state index contributed by atoms with van der Waals surface area (Å²) in [6, 6.07) is 5.70. The van der Waals surface area contributed by atoms with Gasteiger partial charge in [0.1, 0.15) is 11.5 Å². The molecular weight excluding hydrogens is 264 g/mol. The first-order valence-electron chi connectivity index (χ1n) is 8.04. The van der Waals surface area contributed by atoms with Gasteiger partial charge in [-0.15, -0.1) is 0 Å². The number of Topliss-reactive ketones (excluding diaryl/α,β-unsaturated/α-hetero) is 1. The van der Waals surface area contributed by atoms with Crippen LogP contribution >= 0.6 is 0 Å². The summed E-state index contributed by atoms with van der Waals surface area (Å²) in [6.45, 7) is 2.07. The molecule has 3 nitrogen and oxygen atoms in total. The van der Waals surface area contributed by atoms with Crippen LogP contribution in [0.5, 0.6) is 5.75 Å². The molecule has 21 heavy (non-hydrogen) atoms. The summed E-state index contributed by atoms with van der Waals surface area (Å²) in [4.78, 5) is 12.3. The monoisotopic (exact) mass is 286 g/mol. The van der Waals surface area contributed by atoms with Crippen molar-refractivity contribution in [3.05, 3.63) is 29.3 Å². The molecule has 0 aromatic heterocycles. The third-order valence-electron chi connectivity index (χ3n) is 6.41. The fourth-order valence-corrected chi connectivity index (χ4v) is 5.40. The van der Waals surface area contributed by atoms with Crippen molar-refractivity contribution in [1.82, 2.24) is 0 Å². The maximum atomic E-state index is 12.3. The second-order valence-electron chi connectivity index (χ2n) is 7.37. The van der Waals surface area contributed by atoms with Crippen molar-refractivity contribution in [2.45, 2.75) is 51.0 Å². The van der Waals surface area contributed by atoms with E-state index in [9.17, 15) is 15.0 Å². The number of aryl methyl sites for hydroxylation is 1. The predicted molar refractivity (Wildman–Crippen MR) is 79.1 cm³/mol. The summed E-state index contributed by atoms with van der Waals surface area (Å²) in [5.74, 6) is 1.56. The fraction of sp³-hybridized carbons (Fsp3) is 0.611. The number of carbonyl (C=O) groups excluding carboxylic acids is 1. The topological polar surface area (TPSA) is 57.5 Å². The van der Waals surface area contributed by atoms with Crippen LogP contribution in [0.25, 0.3) is 0 Å². The van der Waals surface area contributed by atoms with E-state index in [0.29, 0.717) is 24.0 Å². The van der Waals surface area contributed by atoms with Crippen molar-refractivity contribution >= 4 is 5.78 Å². The largest absolute Gasteiger partial charge is 0.508 e. The van der Waals surface area contributed by atoms with Gasteiger partial charge in [-0.2, -0.15) is 0 Å². The predicted octanol–water partition coefficient (Wildman–Crippen LogP) is 2.79. The van der Waals surface area contributed by atoms with Crippen LogP contribution in [0, 0.1) is 17.3 Å². The number of fused-ring (bicyclic) bond motifs is 5. The van der Waals surface area contributed by atoms with Gasteiger partial charge < -0.3 is 10.2 Å². The first kappa shape index (κ1) is 13.3. The molecule has 0 aliphatic heterocycles. The number of ketones is 1. The molecule has 1 unspecified atom stereocenters. The molecule has 3 aliphatic carbocycles. The normalized spacial score (nSPS) is 41.3. The summed E-state index contributed by atoms with van der Waals surface area (Å²) in [6.07, 6.45) is 3.74. The standard InChI is InChI=1S/C18H22O3/c1-18-7-6-13-12-5-3-11(19)8-10(12)2-4-14(13)17(18)15(20)9-16(18)21/h3,5,8,13-15,17,19-20H,2,4,6-7,9H2,1H3/t13-,14-,15?,17-,18-/m1/s1. The van der Waals surface area contributed by atoms with Crippen LogP contribution < -0.4 is 0 Å². The molecule has 3 heteroatoms. The minimum absolute atomic E-state index is 0.116. The van der Waals surface area contributed by atoms with Gasteiger partial charge in [0.15, 0.2) is 0 Å². The van der Waals surface area contributed by atoms with Crippen LogP contribution in [-0.4, -0.2) is 22.1 Å². The van der Waals surface area contributed by atoms with Crippen LogP contribution in [-0.2, 0) is 11.2 Å². The molecule has 0 spiro atoms. The Morgan fingerprint density at radius 2 is 2.10 bits per heavy atom. The SMILES string of the molecule is C[C@]12CC[C@@H]3c4ccc(O)cc4CC[C@H]3[C@@H]1C(O)CC2=O. The number of carbonyl (C=O) groups is 1. The lowest BCUT2D eigenvalue weighted by molar-refractivity contribution is -0.129. The molecule has 112 valence electrons. The number of aromatic hydroxyl groups is 1. The summed E-state index contributed by atoms with van der Waals surface area (Å²) in [5, 5.41) is 20.1. The Balaban J connectivity index is 1.75. The zero-order valence-corrected chi connectivity index (χ0v) is 12.4. The molecule has 0 radical (unpaired) electrons. The van der Waals surface area contributed by atoms with E-state index in [1.165, 1.54) is 11.1 Å². The fourth-order valence-electron chi connectivity index (χ4n) is 5.40. The van der Waals surface area contributed by atoms with Crippen molar-refractivity contribution in [2.75, 3.05) is 0 Å². The number of hydrogen-bond acceptors (Lipinski definition) is 3. The molecule has 4 rings (SSSR count). The Morgan fingerprint density at radius 1 is 1.29 bits per heavy atom. The Hall–Kier alpha value is -1.35. The minimum Gasteiger partial charge on any atom is -0.508 e. The maximum Gasteiger partial charge on any atom is 0.141 e. The Bertz CT molecular complexity index is 608. The van der Waals surface area contributed by atoms with Gasteiger partial charge in [-0.05, 0) is 60.8 Å². The molecule has 0 bridgehead atoms. The molecule has 2 fully saturated rings. The highest BCUT2D eigenvalue weighted by atomic mass is 16.3. The molecule has 0 amide bonds. The molecule has 0 heterocycles. The first-order chi connectivity index (χ1) is 10.0. The van der Waals surface area contributed by atoms with Crippen LogP contribution in [0.3, 0.4) is 0 Å². The highest BCUT2D eigenvalue weighted by molar-refractivity contribution is 5.88. The lowest BCUT2D eigenvalue weighted by atomic mass is 9.55. The highest BCUT2D eigenvalue weighted by Crippen LogP contribution is 2.59.